The third-order valence-electron chi connectivity index (χ3n) is 7.36. The van der Waals surface area contributed by atoms with Crippen LogP contribution in [0.25, 0.3) is 0 Å². The van der Waals surface area contributed by atoms with Gasteiger partial charge in [-0.1, -0.05) is 74.5 Å². The van der Waals surface area contributed by atoms with Crippen LogP contribution in [0.15, 0.2) is 60.7 Å². The standard InChI is InChI=1S/C25H35BO3Si/c1-19(2)23-17-22(18-26-28-24(3,4)25(5,6)29-26)30(27-23,20-13-9-7-10-14-20)21-15-11-8-12-16-21/h7-16,19,22-23H,17-18H2,1-6H3/t22-,23+/m1/s1. The maximum Gasteiger partial charge on any atom is 0.457 e. The molecule has 0 spiro atoms. The first-order valence-corrected chi connectivity index (χ1v) is 13.3. The molecule has 2 aliphatic rings. The lowest BCUT2D eigenvalue weighted by Gasteiger charge is -2.34. The summed E-state index contributed by atoms with van der Waals surface area (Å²) in [6.45, 7) is 13.1. The van der Waals surface area contributed by atoms with E-state index in [0.717, 1.165) is 12.7 Å². The van der Waals surface area contributed by atoms with Gasteiger partial charge in [-0.25, -0.2) is 0 Å². The first-order valence-electron chi connectivity index (χ1n) is 11.3. The number of rotatable bonds is 5. The fraction of sp³-hybridized carbons (Fsp3) is 0.520. The van der Waals surface area contributed by atoms with Gasteiger partial charge in [0.05, 0.1) is 11.2 Å². The van der Waals surface area contributed by atoms with Crippen LogP contribution < -0.4 is 10.4 Å². The van der Waals surface area contributed by atoms with Crippen LogP contribution in [0.1, 0.15) is 48.0 Å². The molecule has 4 rings (SSSR count). The van der Waals surface area contributed by atoms with Crippen molar-refractivity contribution >= 4 is 25.8 Å². The van der Waals surface area contributed by atoms with E-state index in [9.17, 15) is 0 Å². The summed E-state index contributed by atoms with van der Waals surface area (Å²) in [5, 5.41) is 2.70. The number of hydrogen-bond acceptors (Lipinski definition) is 3. The van der Waals surface area contributed by atoms with Gasteiger partial charge >= 0.3 is 7.12 Å². The molecule has 2 fully saturated rings. The Hall–Kier alpha value is -1.40. The molecule has 0 amide bonds. The Labute approximate surface area is 183 Å². The SMILES string of the molecule is CC(C)[C@@H]1C[C@H](CB2OC(C)(C)C(C)(C)O2)[Si](c2ccccc2)(c2ccccc2)O1. The molecule has 2 aromatic rings. The minimum absolute atomic E-state index is 0.200. The van der Waals surface area contributed by atoms with Gasteiger partial charge in [-0.3, -0.25) is 0 Å². The number of benzene rings is 2. The minimum atomic E-state index is -2.46. The van der Waals surface area contributed by atoms with Crippen LogP contribution in [0.5, 0.6) is 0 Å². The lowest BCUT2D eigenvalue weighted by Crippen LogP contribution is -2.62. The van der Waals surface area contributed by atoms with Crippen molar-refractivity contribution < 1.29 is 13.7 Å². The van der Waals surface area contributed by atoms with E-state index in [1.165, 1.54) is 10.4 Å². The van der Waals surface area contributed by atoms with E-state index >= 15 is 0 Å². The zero-order valence-electron chi connectivity index (χ0n) is 19.2. The molecule has 0 unspecified atom stereocenters. The molecular weight excluding hydrogens is 387 g/mol. The van der Waals surface area contributed by atoms with Crippen LogP contribution in [0, 0.1) is 5.92 Å². The Morgan fingerprint density at radius 2 is 1.33 bits per heavy atom. The van der Waals surface area contributed by atoms with E-state index in [2.05, 4.69) is 102 Å². The van der Waals surface area contributed by atoms with Gasteiger partial charge in [-0.05, 0) is 62.3 Å². The molecule has 0 aliphatic carbocycles. The lowest BCUT2D eigenvalue weighted by molar-refractivity contribution is 0.00578. The first kappa shape index (κ1) is 21.8. The highest BCUT2D eigenvalue weighted by atomic mass is 28.4. The zero-order valence-corrected chi connectivity index (χ0v) is 20.2. The monoisotopic (exact) mass is 422 g/mol. The van der Waals surface area contributed by atoms with Crippen LogP contribution >= 0.6 is 0 Å². The van der Waals surface area contributed by atoms with Gasteiger partial charge in [0.25, 0.3) is 8.32 Å². The average Bonchev–Trinajstić information content (AvgIpc) is 3.18. The Bertz CT molecular complexity index is 798. The van der Waals surface area contributed by atoms with Crippen molar-refractivity contribution in [2.24, 2.45) is 5.92 Å². The van der Waals surface area contributed by atoms with Gasteiger partial charge in [0.15, 0.2) is 0 Å². The molecular formula is C25H35BO3Si. The lowest BCUT2D eigenvalue weighted by atomic mass is 9.81. The molecule has 0 aromatic heterocycles. The Balaban J connectivity index is 1.76. The molecule has 0 saturated carbocycles. The van der Waals surface area contributed by atoms with Crippen molar-refractivity contribution in [1.29, 1.82) is 0 Å². The smallest absolute Gasteiger partial charge is 0.404 e. The van der Waals surface area contributed by atoms with Crippen LogP contribution in [0.4, 0.5) is 0 Å². The summed E-state index contributed by atoms with van der Waals surface area (Å²) in [4.78, 5) is 0. The van der Waals surface area contributed by atoms with Gasteiger partial charge in [0.2, 0.25) is 0 Å². The zero-order chi connectivity index (χ0) is 21.6. The predicted octanol–water partition coefficient (Wildman–Crippen LogP) is 4.65. The van der Waals surface area contributed by atoms with E-state index in [1.807, 2.05) is 0 Å². The molecule has 2 aromatic carbocycles. The van der Waals surface area contributed by atoms with Gasteiger partial charge in [0, 0.05) is 6.10 Å². The second-order valence-corrected chi connectivity index (χ2v) is 13.9. The molecule has 2 atom stereocenters. The highest BCUT2D eigenvalue weighted by Gasteiger charge is 2.58. The number of hydrogen-bond donors (Lipinski definition) is 0. The van der Waals surface area contributed by atoms with Gasteiger partial charge in [0.1, 0.15) is 0 Å². The van der Waals surface area contributed by atoms with E-state index in [0.29, 0.717) is 11.5 Å². The van der Waals surface area contributed by atoms with Crippen molar-refractivity contribution in [3.8, 4) is 0 Å². The summed E-state index contributed by atoms with van der Waals surface area (Å²) in [7, 11) is -2.66. The first-order chi connectivity index (χ1) is 14.2. The van der Waals surface area contributed by atoms with Crippen molar-refractivity contribution in [1.82, 2.24) is 0 Å². The average molecular weight is 422 g/mol. The van der Waals surface area contributed by atoms with E-state index in [4.69, 9.17) is 13.7 Å². The molecule has 30 heavy (non-hydrogen) atoms. The largest absolute Gasteiger partial charge is 0.457 e. The van der Waals surface area contributed by atoms with Crippen LogP contribution in [-0.4, -0.2) is 32.7 Å². The van der Waals surface area contributed by atoms with Gasteiger partial charge < -0.3 is 13.7 Å². The summed E-state index contributed by atoms with van der Waals surface area (Å²) in [5.74, 6) is 0.479. The normalized spacial score (nSPS) is 27.0. The van der Waals surface area contributed by atoms with Gasteiger partial charge in [-0.15, -0.1) is 0 Å². The molecule has 2 aliphatic heterocycles. The fourth-order valence-corrected chi connectivity index (χ4v) is 9.99. The topological polar surface area (TPSA) is 27.7 Å². The maximum absolute atomic E-state index is 7.14. The minimum Gasteiger partial charge on any atom is -0.404 e. The Morgan fingerprint density at radius 1 is 0.867 bits per heavy atom. The van der Waals surface area contributed by atoms with E-state index in [1.54, 1.807) is 0 Å². The third-order valence-corrected chi connectivity index (χ3v) is 12.0. The summed E-state index contributed by atoms with van der Waals surface area (Å²) >= 11 is 0. The van der Waals surface area contributed by atoms with E-state index < -0.39 is 8.32 Å². The van der Waals surface area contributed by atoms with E-state index in [-0.39, 0.29) is 24.4 Å². The molecule has 2 heterocycles. The van der Waals surface area contributed by atoms with Gasteiger partial charge in [-0.2, -0.15) is 0 Å². The molecule has 3 nitrogen and oxygen atoms in total. The second kappa shape index (κ2) is 7.94. The maximum atomic E-state index is 7.14. The molecule has 0 radical (unpaired) electrons. The molecule has 0 N–H and O–H groups in total. The summed E-state index contributed by atoms with van der Waals surface area (Å²) < 4.78 is 20.0. The van der Waals surface area contributed by atoms with Crippen LogP contribution in [-0.2, 0) is 13.7 Å². The van der Waals surface area contributed by atoms with Crippen molar-refractivity contribution in [3.63, 3.8) is 0 Å². The second-order valence-electron chi connectivity index (χ2n) is 10.2. The molecule has 2 saturated heterocycles. The highest BCUT2D eigenvalue weighted by Crippen LogP contribution is 2.46. The molecule has 0 bridgehead atoms. The summed E-state index contributed by atoms with van der Waals surface area (Å²) in [6.07, 6.45) is 2.17. The Kier molecular flexibility index (Phi) is 5.77. The van der Waals surface area contributed by atoms with Crippen molar-refractivity contribution in [3.05, 3.63) is 60.7 Å². The highest BCUT2D eigenvalue weighted by molar-refractivity contribution is 6.99. The summed E-state index contributed by atoms with van der Waals surface area (Å²) in [6, 6.07) is 21.8. The van der Waals surface area contributed by atoms with Crippen LogP contribution in [0.2, 0.25) is 11.9 Å². The predicted molar refractivity (Wildman–Crippen MR) is 127 cm³/mol. The third kappa shape index (κ3) is 3.70. The van der Waals surface area contributed by atoms with Crippen molar-refractivity contribution in [2.75, 3.05) is 0 Å². The fourth-order valence-electron chi connectivity index (χ4n) is 4.94. The summed E-state index contributed by atoms with van der Waals surface area (Å²) in [5.41, 5.74) is -0.222. The molecule has 160 valence electrons. The van der Waals surface area contributed by atoms with Crippen LogP contribution in [0.3, 0.4) is 0 Å². The molecule has 5 heteroatoms. The quantitative estimate of drug-likeness (QED) is 0.657. The Morgan fingerprint density at radius 3 is 1.77 bits per heavy atom. The van der Waals surface area contributed by atoms with Crippen molar-refractivity contribution in [2.45, 2.75) is 77.1 Å².